The number of methoxy groups -OCH3 is 1. The largest absolute Gasteiger partial charge is 0.494 e. The second kappa shape index (κ2) is 8.24. The number of aromatic nitrogens is 4. The molecule has 1 unspecified atom stereocenters. The lowest BCUT2D eigenvalue weighted by molar-refractivity contribution is 0.415. The van der Waals surface area contributed by atoms with E-state index in [1.165, 1.54) is 11.1 Å². The SMILES string of the molecule is CNC1CCN(c2ccc(-c3n[nH]c4cc(OC)c(-c5cccc(C)c5C)nc34)cn2)C1. The van der Waals surface area contributed by atoms with E-state index in [0.29, 0.717) is 6.04 Å². The summed E-state index contributed by atoms with van der Waals surface area (Å²) < 4.78 is 5.67. The standard InChI is InChI=1S/C25H28N6O/c1-15-6-5-7-19(16(15)2)24-21(32-4)12-20-25(28-24)23(30-29-20)17-8-9-22(27-13-17)31-11-10-18(14-31)26-3/h5-9,12-13,18,26H,10-11,14H2,1-4H3,(H,29,30). The predicted octanol–water partition coefficient (Wildman–Crippen LogP) is 4.11. The normalized spacial score (nSPS) is 16.1. The van der Waals surface area contributed by atoms with E-state index in [1.807, 2.05) is 19.3 Å². The van der Waals surface area contributed by atoms with Crippen molar-refractivity contribution in [3.05, 3.63) is 53.7 Å². The molecule has 1 aliphatic heterocycles. The van der Waals surface area contributed by atoms with E-state index in [2.05, 4.69) is 64.6 Å². The summed E-state index contributed by atoms with van der Waals surface area (Å²) in [5, 5.41) is 11.0. The fraction of sp³-hybridized carbons (Fsp3) is 0.320. The number of likely N-dealkylation sites (N-methyl/N-ethyl adjacent to an activating group) is 1. The van der Waals surface area contributed by atoms with Crippen LogP contribution in [0.4, 0.5) is 5.82 Å². The van der Waals surface area contributed by atoms with Gasteiger partial charge in [-0.15, -0.1) is 0 Å². The molecule has 4 aromatic rings. The molecule has 0 saturated carbocycles. The van der Waals surface area contributed by atoms with Crippen LogP contribution in [0.15, 0.2) is 42.6 Å². The Bertz CT molecular complexity index is 1260. The van der Waals surface area contributed by atoms with Crippen molar-refractivity contribution in [2.45, 2.75) is 26.3 Å². The molecule has 0 amide bonds. The number of pyridine rings is 2. The molecular formula is C25H28N6O. The Morgan fingerprint density at radius 2 is 2.03 bits per heavy atom. The van der Waals surface area contributed by atoms with Crippen molar-refractivity contribution in [2.75, 3.05) is 32.1 Å². The summed E-state index contributed by atoms with van der Waals surface area (Å²) in [7, 11) is 3.69. The van der Waals surface area contributed by atoms with Gasteiger partial charge in [-0.1, -0.05) is 18.2 Å². The topological polar surface area (TPSA) is 79.0 Å². The van der Waals surface area contributed by atoms with E-state index < -0.39 is 0 Å². The number of hydrogen-bond acceptors (Lipinski definition) is 6. The predicted molar refractivity (Wildman–Crippen MR) is 128 cm³/mol. The number of anilines is 1. The minimum atomic E-state index is 0.523. The summed E-state index contributed by atoms with van der Waals surface area (Å²) in [6, 6.07) is 12.9. The number of fused-ring (bicyclic) bond motifs is 1. The van der Waals surface area contributed by atoms with Crippen LogP contribution >= 0.6 is 0 Å². The average molecular weight is 429 g/mol. The zero-order valence-electron chi connectivity index (χ0n) is 18.9. The first kappa shape index (κ1) is 20.5. The van der Waals surface area contributed by atoms with Crippen LogP contribution in [0.25, 0.3) is 33.5 Å². The van der Waals surface area contributed by atoms with E-state index in [9.17, 15) is 0 Å². The lowest BCUT2D eigenvalue weighted by atomic mass is 9.99. The molecule has 164 valence electrons. The van der Waals surface area contributed by atoms with E-state index in [1.54, 1.807) is 7.11 Å². The summed E-state index contributed by atoms with van der Waals surface area (Å²) in [5.41, 5.74) is 7.69. The summed E-state index contributed by atoms with van der Waals surface area (Å²) in [6.45, 7) is 6.23. The van der Waals surface area contributed by atoms with Gasteiger partial charge in [0.15, 0.2) is 0 Å². The molecule has 5 rings (SSSR count). The van der Waals surface area contributed by atoms with Crippen molar-refractivity contribution in [3.8, 4) is 28.3 Å². The maximum absolute atomic E-state index is 5.67. The van der Waals surface area contributed by atoms with Crippen molar-refractivity contribution >= 4 is 16.9 Å². The van der Waals surface area contributed by atoms with Gasteiger partial charge < -0.3 is 15.0 Å². The molecule has 0 spiro atoms. The Morgan fingerprint density at radius 1 is 1.16 bits per heavy atom. The Hall–Kier alpha value is -3.45. The summed E-state index contributed by atoms with van der Waals surface area (Å²) in [4.78, 5) is 12.0. The molecule has 1 fully saturated rings. The molecule has 0 bridgehead atoms. The van der Waals surface area contributed by atoms with E-state index in [4.69, 9.17) is 14.7 Å². The highest BCUT2D eigenvalue weighted by molar-refractivity contribution is 5.93. The first-order chi connectivity index (χ1) is 15.6. The molecule has 1 atom stereocenters. The minimum Gasteiger partial charge on any atom is -0.494 e. The first-order valence-electron chi connectivity index (χ1n) is 11.0. The highest BCUT2D eigenvalue weighted by Crippen LogP contribution is 2.36. The Balaban J connectivity index is 1.55. The number of nitrogens with one attached hydrogen (secondary N) is 2. The lowest BCUT2D eigenvalue weighted by Gasteiger charge is -2.17. The second-order valence-electron chi connectivity index (χ2n) is 8.38. The highest BCUT2D eigenvalue weighted by atomic mass is 16.5. The van der Waals surface area contributed by atoms with Crippen LogP contribution in [0, 0.1) is 13.8 Å². The minimum absolute atomic E-state index is 0.523. The third kappa shape index (κ3) is 3.48. The van der Waals surface area contributed by atoms with Gasteiger partial charge in [-0.25, -0.2) is 9.97 Å². The quantitative estimate of drug-likeness (QED) is 0.498. The number of hydrogen-bond donors (Lipinski definition) is 2. The van der Waals surface area contributed by atoms with Crippen molar-refractivity contribution in [1.82, 2.24) is 25.5 Å². The fourth-order valence-corrected chi connectivity index (χ4v) is 4.40. The molecule has 32 heavy (non-hydrogen) atoms. The van der Waals surface area contributed by atoms with Crippen LogP contribution in [-0.4, -0.2) is 53.5 Å². The number of H-pyrrole nitrogens is 1. The molecule has 1 aliphatic rings. The molecule has 0 aliphatic carbocycles. The maximum atomic E-state index is 5.67. The van der Waals surface area contributed by atoms with Gasteiger partial charge in [0.05, 0.1) is 12.6 Å². The molecule has 3 aromatic heterocycles. The summed E-state index contributed by atoms with van der Waals surface area (Å²) in [5.74, 6) is 1.72. The summed E-state index contributed by atoms with van der Waals surface area (Å²) >= 11 is 0. The second-order valence-corrected chi connectivity index (χ2v) is 8.38. The number of aryl methyl sites for hydroxylation is 1. The summed E-state index contributed by atoms with van der Waals surface area (Å²) in [6.07, 6.45) is 3.03. The molecule has 7 heteroatoms. The van der Waals surface area contributed by atoms with Gasteiger partial charge in [0.25, 0.3) is 0 Å². The zero-order valence-corrected chi connectivity index (χ0v) is 18.9. The van der Waals surface area contributed by atoms with Gasteiger partial charge in [-0.3, -0.25) is 5.10 Å². The molecule has 4 heterocycles. The van der Waals surface area contributed by atoms with Crippen molar-refractivity contribution in [1.29, 1.82) is 0 Å². The fourth-order valence-electron chi connectivity index (χ4n) is 4.40. The highest BCUT2D eigenvalue weighted by Gasteiger charge is 2.22. The Kier molecular flexibility index (Phi) is 5.27. The number of nitrogens with zero attached hydrogens (tertiary/aromatic N) is 4. The van der Waals surface area contributed by atoms with Crippen LogP contribution in [0.1, 0.15) is 17.5 Å². The van der Waals surface area contributed by atoms with Crippen LogP contribution in [0.3, 0.4) is 0 Å². The van der Waals surface area contributed by atoms with Gasteiger partial charge in [0, 0.05) is 42.5 Å². The lowest BCUT2D eigenvalue weighted by Crippen LogP contribution is -2.29. The molecule has 0 radical (unpaired) electrons. The molecule has 2 N–H and O–H groups in total. The van der Waals surface area contributed by atoms with Crippen LogP contribution in [0.2, 0.25) is 0 Å². The zero-order chi connectivity index (χ0) is 22.2. The third-order valence-corrected chi connectivity index (χ3v) is 6.52. The first-order valence-corrected chi connectivity index (χ1v) is 11.0. The van der Waals surface area contributed by atoms with E-state index in [0.717, 1.165) is 64.6 Å². The van der Waals surface area contributed by atoms with Gasteiger partial charge >= 0.3 is 0 Å². The van der Waals surface area contributed by atoms with Gasteiger partial charge in [-0.05, 0) is 50.6 Å². The molecule has 7 nitrogen and oxygen atoms in total. The van der Waals surface area contributed by atoms with Gasteiger partial charge in [0.2, 0.25) is 0 Å². The molecular weight excluding hydrogens is 400 g/mol. The van der Waals surface area contributed by atoms with Gasteiger partial charge in [0.1, 0.15) is 28.5 Å². The van der Waals surface area contributed by atoms with Gasteiger partial charge in [-0.2, -0.15) is 5.10 Å². The molecule has 1 aromatic carbocycles. The monoisotopic (exact) mass is 428 g/mol. The third-order valence-electron chi connectivity index (χ3n) is 6.52. The van der Waals surface area contributed by atoms with E-state index >= 15 is 0 Å². The number of rotatable bonds is 5. The van der Waals surface area contributed by atoms with Crippen LogP contribution in [-0.2, 0) is 0 Å². The maximum Gasteiger partial charge on any atom is 0.147 e. The van der Waals surface area contributed by atoms with Crippen LogP contribution < -0.4 is 15.0 Å². The average Bonchev–Trinajstić information content (AvgIpc) is 3.47. The van der Waals surface area contributed by atoms with E-state index in [-0.39, 0.29) is 0 Å². The number of aromatic amines is 1. The smallest absolute Gasteiger partial charge is 0.147 e. The number of benzene rings is 1. The molecule has 1 saturated heterocycles. The van der Waals surface area contributed by atoms with Crippen molar-refractivity contribution in [3.63, 3.8) is 0 Å². The van der Waals surface area contributed by atoms with Crippen LogP contribution in [0.5, 0.6) is 5.75 Å². The Morgan fingerprint density at radius 3 is 2.75 bits per heavy atom. The number of ether oxygens (including phenoxy) is 1. The van der Waals surface area contributed by atoms with Crippen molar-refractivity contribution in [2.24, 2.45) is 0 Å². The van der Waals surface area contributed by atoms with Crippen molar-refractivity contribution < 1.29 is 4.74 Å². The Labute approximate surface area is 187 Å².